The molecule has 0 unspecified atom stereocenters. The second-order valence-corrected chi connectivity index (χ2v) is 6.25. The van der Waals surface area contributed by atoms with E-state index in [-0.39, 0.29) is 11.0 Å². The molecule has 0 amide bonds. The van der Waals surface area contributed by atoms with Crippen LogP contribution in [0.2, 0.25) is 0 Å². The average molecular weight is 299 g/mol. The lowest BCUT2D eigenvalue weighted by molar-refractivity contribution is 0.973. The third-order valence-corrected chi connectivity index (χ3v) is 5.62. The Hall–Kier alpha value is 0.217. The van der Waals surface area contributed by atoms with Gasteiger partial charge in [-0.3, -0.25) is 0 Å². The highest BCUT2D eigenvalue weighted by atomic mass is 28.1. The van der Waals surface area contributed by atoms with Crippen LogP contribution in [-0.2, 0) is 0 Å². The Bertz CT molecular complexity index is 181. The van der Waals surface area contributed by atoms with Crippen LogP contribution < -0.4 is 0 Å². The fourth-order valence-electron chi connectivity index (χ4n) is 2.81. The Morgan fingerprint density at radius 3 is 0.333 bits per heavy atom. The summed E-state index contributed by atoms with van der Waals surface area (Å²) >= 11 is 0. The van der Waals surface area contributed by atoms with Crippen molar-refractivity contribution in [1.82, 2.24) is 0 Å². The maximum absolute atomic E-state index is 2.20. The summed E-state index contributed by atoms with van der Waals surface area (Å²) in [5, 5.41) is 0. The SMILES string of the molecule is C[C]1[C](C)[C](C)[C](C)[C]1C.C[C]1[C](C)[C](C)[C](C)[C]1C.[Si+2]. The molecule has 0 atom stereocenters. The minimum Gasteiger partial charge on any atom is -0.0579 e. The van der Waals surface area contributed by atoms with Crippen molar-refractivity contribution in [3.63, 3.8) is 0 Å². The molecular formula is C20H30Si+2. The lowest BCUT2D eigenvalue weighted by atomic mass is 9.92. The molecule has 112 valence electrons. The topological polar surface area (TPSA) is 0 Å². The molecule has 2 fully saturated rings. The zero-order valence-corrected chi connectivity index (χ0v) is 16.5. The lowest BCUT2D eigenvalue weighted by Crippen LogP contribution is -2.00. The summed E-state index contributed by atoms with van der Waals surface area (Å²) in [5.74, 6) is 14.7. The van der Waals surface area contributed by atoms with Crippen molar-refractivity contribution in [3.05, 3.63) is 59.2 Å². The van der Waals surface area contributed by atoms with E-state index in [9.17, 15) is 0 Å². The molecule has 0 bridgehead atoms. The van der Waals surface area contributed by atoms with Gasteiger partial charge in [0.1, 0.15) is 0 Å². The van der Waals surface area contributed by atoms with E-state index in [4.69, 9.17) is 0 Å². The molecular weight excluding hydrogens is 268 g/mol. The molecule has 2 rings (SSSR count). The van der Waals surface area contributed by atoms with E-state index in [1.54, 1.807) is 0 Å². The molecule has 0 nitrogen and oxygen atoms in total. The first kappa shape index (κ1) is 21.2. The number of hydrogen-bond acceptors (Lipinski definition) is 0. The summed E-state index contributed by atoms with van der Waals surface area (Å²) in [7, 11) is 0. The maximum atomic E-state index is 2.20. The second kappa shape index (κ2) is 8.18. The lowest BCUT2D eigenvalue weighted by Gasteiger charge is -2.12. The van der Waals surface area contributed by atoms with Gasteiger partial charge in [-0.1, -0.05) is 69.2 Å². The van der Waals surface area contributed by atoms with Crippen LogP contribution in [0.3, 0.4) is 0 Å². The predicted octanol–water partition coefficient (Wildman–Crippen LogP) is 5.56. The Balaban J connectivity index is 0.000000364. The maximum Gasteiger partial charge on any atom is 2.00 e. The molecule has 2 saturated carbocycles. The fraction of sp³-hybridized carbons (Fsp3) is 0.500. The van der Waals surface area contributed by atoms with E-state index in [1.807, 2.05) is 0 Å². The van der Waals surface area contributed by atoms with Crippen molar-refractivity contribution in [2.24, 2.45) is 0 Å². The molecule has 2 aliphatic carbocycles. The van der Waals surface area contributed by atoms with Crippen molar-refractivity contribution in [1.29, 1.82) is 0 Å². The van der Waals surface area contributed by atoms with Crippen LogP contribution in [0, 0.1) is 59.2 Å². The van der Waals surface area contributed by atoms with Crippen LogP contribution in [0.4, 0.5) is 0 Å². The first-order valence-electron chi connectivity index (χ1n) is 7.50. The minimum atomic E-state index is 0. The van der Waals surface area contributed by atoms with Gasteiger partial charge in [-0.25, -0.2) is 0 Å². The van der Waals surface area contributed by atoms with Crippen molar-refractivity contribution in [2.45, 2.75) is 69.2 Å². The van der Waals surface area contributed by atoms with Crippen molar-refractivity contribution in [2.75, 3.05) is 0 Å². The van der Waals surface area contributed by atoms with Crippen LogP contribution >= 0.6 is 0 Å². The summed E-state index contributed by atoms with van der Waals surface area (Å²) in [6.07, 6.45) is 0. The summed E-state index contributed by atoms with van der Waals surface area (Å²) in [6, 6.07) is 0. The van der Waals surface area contributed by atoms with Gasteiger partial charge >= 0.3 is 11.0 Å². The molecule has 0 heterocycles. The highest BCUT2D eigenvalue weighted by molar-refractivity contribution is 5.75. The first-order valence-corrected chi connectivity index (χ1v) is 7.50. The minimum absolute atomic E-state index is 0. The van der Waals surface area contributed by atoms with Gasteiger partial charge in [0.25, 0.3) is 0 Å². The van der Waals surface area contributed by atoms with E-state index < -0.39 is 0 Å². The van der Waals surface area contributed by atoms with Gasteiger partial charge in [-0.15, -0.1) is 0 Å². The van der Waals surface area contributed by atoms with Gasteiger partial charge in [-0.05, 0) is 59.2 Å². The molecule has 0 aliphatic heterocycles. The van der Waals surface area contributed by atoms with Gasteiger partial charge in [0, 0.05) is 0 Å². The smallest absolute Gasteiger partial charge is 0.0579 e. The van der Waals surface area contributed by atoms with E-state index in [0.717, 1.165) is 0 Å². The molecule has 0 saturated heterocycles. The summed E-state index contributed by atoms with van der Waals surface area (Å²) in [4.78, 5) is 0. The fourth-order valence-corrected chi connectivity index (χ4v) is 2.81. The largest absolute Gasteiger partial charge is 2.00 e. The van der Waals surface area contributed by atoms with Crippen molar-refractivity contribution >= 4 is 11.0 Å². The molecule has 0 aromatic carbocycles. The van der Waals surface area contributed by atoms with Gasteiger partial charge in [0.15, 0.2) is 0 Å². The molecule has 21 heavy (non-hydrogen) atoms. The summed E-state index contributed by atoms with van der Waals surface area (Å²) < 4.78 is 0. The van der Waals surface area contributed by atoms with Crippen LogP contribution in [0.5, 0.6) is 0 Å². The molecule has 12 radical (unpaired) electrons. The van der Waals surface area contributed by atoms with Gasteiger partial charge in [-0.2, -0.15) is 0 Å². The average Bonchev–Trinajstić information content (AvgIpc) is 2.71. The molecule has 0 N–H and O–H groups in total. The Morgan fingerprint density at radius 2 is 0.286 bits per heavy atom. The van der Waals surface area contributed by atoms with Crippen molar-refractivity contribution in [3.8, 4) is 0 Å². The molecule has 0 aromatic rings. The predicted molar refractivity (Wildman–Crippen MR) is 94.9 cm³/mol. The standard InChI is InChI=1S/2C10H15.Si/c2*1-6-7(2)9(4)10(5)8(6)3;/h2*1-5H3;/q;;+2. The van der Waals surface area contributed by atoms with Gasteiger partial charge in [0.2, 0.25) is 0 Å². The Morgan fingerprint density at radius 1 is 0.238 bits per heavy atom. The van der Waals surface area contributed by atoms with Crippen LogP contribution in [0.25, 0.3) is 0 Å². The highest BCUT2D eigenvalue weighted by Gasteiger charge is 2.41. The van der Waals surface area contributed by atoms with E-state index >= 15 is 0 Å². The zero-order valence-electron chi connectivity index (χ0n) is 15.5. The Kier molecular flexibility index (Phi) is 8.26. The van der Waals surface area contributed by atoms with Gasteiger partial charge in [0.05, 0.1) is 0 Å². The monoisotopic (exact) mass is 298 g/mol. The third-order valence-electron chi connectivity index (χ3n) is 5.62. The van der Waals surface area contributed by atoms with Crippen molar-refractivity contribution < 1.29 is 0 Å². The quantitative estimate of drug-likeness (QED) is 0.513. The first-order chi connectivity index (χ1) is 9.11. The second-order valence-electron chi connectivity index (χ2n) is 6.25. The number of rotatable bonds is 0. The number of hydrogen-bond donors (Lipinski definition) is 0. The molecule has 1 heteroatoms. The molecule has 0 spiro atoms. The molecule has 0 aromatic heterocycles. The van der Waals surface area contributed by atoms with Crippen LogP contribution in [0.15, 0.2) is 0 Å². The normalized spacial score (nSPS) is 27.1. The van der Waals surface area contributed by atoms with Crippen LogP contribution in [-0.4, -0.2) is 11.0 Å². The molecule has 2 aliphatic rings. The van der Waals surface area contributed by atoms with Crippen LogP contribution in [0.1, 0.15) is 69.2 Å². The van der Waals surface area contributed by atoms with E-state index in [0.29, 0.717) is 0 Å². The highest BCUT2D eigenvalue weighted by Crippen LogP contribution is 2.52. The Labute approximate surface area is 139 Å². The summed E-state index contributed by atoms with van der Waals surface area (Å²) in [5.41, 5.74) is 0. The zero-order chi connectivity index (χ0) is 15.8. The van der Waals surface area contributed by atoms with Gasteiger partial charge < -0.3 is 0 Å². The van der Waals surface area contributed by atoms with E-state index in [2.05, 4.69) is 69.2 Å². The summed E-state index contributed by atoms with van der Waals surface area (Å²) in [6.45, 7) is 22.0. The van der Waals surface area contributed by atoms with E-state index in [1.165, 1.54) is 59.2 Å². The third kappa shape index (κ3) is 4.15.